The summed E-state index contributed by atoms with van der Waals surface area (Å²) in [5.74, 6) is -0.241. The lowest BCUT2D eigenvalue weighted by Gasteiger charge is -2.15. The monoisotopic (exact) mass is 285 g/mol. The molecule has 0 amide bonds. The molecule has 1 atom stereocenters. The van der Waals surface area contributed by atoms with Crippen molar-refractivity contribution >= 4 is 27.6 Å². The molecular formula is C12H16BrNO2. The summed E-state index contributed by atoms with van der Waals surface area (Å²) in [6, 6.07) is 5.58. The lowest BCUT2D eigenvalue weighted by molar-refractivity contribution is -0.143. The zero-order valence-electron chi connectivity index (χ0n) is 9.71. The fraction of sp³-hybridized carbons (Fsp3) is 0.417. The maximum Gasteiger partial charge on any atom is 0.328 e. The molecule has 0 aliphatic carbocycles. The van der Waals surface area contributed by atoms with Gasteiger partial charge in [-0.3, -0.25) is 0 Å². The van der Waals surface area contributed by atoms with Gasteiger partial charge in [0, 0.05) is 10.2 Å². The van der Waals surface area contributed by atoms with Crippen LogP contribution in [0.5, 0.6) is 0 Å². The smallest absolute Gasteiger partial charge is 0.328 e. The molecule has 1 rings (SSSR count). The second kappa shape index (κ2) is 5.89. The molecule has 0 saturated carbocycles. The summed E-state index contributed by atoms with van der Waals surface area (Å²) in [5.41, 5.74) is 2.06. The number of nitrogens with one attached hydrogen (secondary N) is 1. The van der Waals surface area contributed by atoms with E-state index in [2.05, 4.69) is 21.2 Å². The van der Waals surface area contributed by atoms with Crippen LogP contribution in [0.3, 0.4) is 0 Å². The maximum absolute atomic E-state index is 11.4. The molecule has 1 aromatic carbocycles. The van der Waals surface area contributed by atoms with Crippen LogP contribution < -0.4 is 5.32 Å². The Morgan fingerprint density at radius 3 is 2.81 bits per heavy atom. The first-order valence-corrected chi connectivity index (χ1v) is 6.03. The molecule has 88 valence electrons. The number of benzene rings is 1. The van der Waals surface area contributed by atoms with Gasteiger partial charge < -0.3 is 10.1 Å². The Morgan fingerprint density at radius 2 is 2.25 bits per heavy atom. The lowest BCUT2D eigenvalue weighted by Crippen LogP contribution is -2.28. The summed E-state index contributed by atoms with van der Waals surface area (Å²) >= 11 is 3.45. The van der Waals surface area contributed by atoms with Gasteiger partial charge in [0.1, 0.15) is 6.04 Å². The summed E-state index contributed by atoms with van der Waals surface area (Å²) in [4.78, 5) is 11.4. The number of aryl methyl sites for hydroxylation is 1. The third kappa shape index (κ3) is 3.52. The molecule has 1 aromatic rings. The van der Waals surface area contributed by atoms with Crippen molar-refractivity contribution in [1.82, 2.24) is 0 Å². The van der Waals surface area contributed by atoms with E-state index in [0.717, 1.165) is 10.2 Å². The Bertz CT molecular complexity index is 379. The molecule has 4 heteroatoms. The first kappa shape index (κ1) is 13.0. The number of esters is 1. The van der Waals surface area contributed by atoms with E-state index in [1.165, 1.54) is 5.56 Å². The van der Waals surface area contributed by atoms with Crippen molar-refractivity contribution in [3.05, 3.63) is 28.2 Å². The molecule has 0 aliphatic heterocycles. The third-order valence-electron chi connectivity index (χ3n) is 2.14. The Balaban J connectivity index is 2.69. The van der Waals surface area contributed by atoms with E-state index in [1.807, 2.05) is 25.1 Å². The van der Waals surface area contributed by atoms with E-state index < -0.39 is 0 Å². The number of ether oxygens (including phenoxy) is 1. The lowest BCUT2D eigenvalue weighted by atomic mass is 10.2. The average molecular weight is 286 g/mol. The van der Waals surface area contributed by atoms with E-state index in [1.54, 1.807) is 13.8 Å². The first-order valence-electron chi connectivity index (χ1n) is 5.24. The number of halogens is 1. The molecule has 0 aromatic heterocycles. The van der Waals surface area contributed by atoms with Gasteiger partial charge in [-0.15, -0.1) is 0 Å². The summed E-state index contributed by atoms with van der Waals surface area (Å²) in [5, 5.41) is 3.10. The van der Waals surface area contributed by atoms with Crippen LogP contribution in [0.4, 0.5) is 5.69 Å². The van der Waals surface area contributed by atoms with Gasteiger partial charge in [-0.05, 0) is 54.4 Å². The van der Waals surface area contributed by atoms with Crippen LogP contribution in [0.2, 0.25) is 0 Å². The number of anilines is 1. The van der Waals surface area contributed by atoms with Gasteiger partial charge in [-0.25, -0.2) is 4.79 Å². The third-order valence-corrected chi connectivity index (χ3v) is 2.79. The van der Waals surface area contributed by atoms with Crippen molar-refractivity contribution < 1.29 is 9.53 Å². The van der Waals surface area contributed by atoms with Gasteiger partial charge in [0.15, 0.2) is 0 Å². The molecule has 3 nitrogen and oxygen atoms in total. The molecule has 16 heavy (non-hydrogen) atoms. The molecular weight excluding hydrogens is 270 g/mol. The van der Waals surface area contributed by atoms with Crippen molar-refractivity contribution in [3.8, 4) is 0 Å². The molecule has 0 radical (unpaired) electrons. The Morgan fingerprint density at radius 1 is 1.56 bits per heavy atom. The number of rotatable bonds is 4. The summed E-state index contributed by atoms with van der Waals surface area (Å²) in [6.45, 7) is 6.00. The number of carbonyl (C=O) groups is 1. The van der Waals surface area contributed by atoms with Crippen LogP contribution in [-0.4, -0.2) is 18.6 Å². The molecule has 1 unspecified atom stereocenters. The van der Waals surface area contributed by atoms with Crippen LogP contribution in [0.15, 0.2) is 22.7 Å². The largest absolute Gasteiger partial charge is 0.464 e. The van der Waals surface area contributed by atoms with Gasteiger partial charge in [0.05, 0.1) is 6.61 Å². The molecule has 0 saturated heterocycles. The van der Waals surface area contributed by atoms with Crippen LogP contribution in [0, 0.1) is 6.92 Å². The van der Waals surface area contributed by atoms with Gasteiger partial charge in [-0.2, -0.15) is 0 Å². The highest BCUT2D eigenvalue weighted by molar-refractivity contribution is 9.10. The second-order valence-electron chi connectivity index (χ2n) is 3.60. The predicted octanol–water partition coefficient (Wildman–Crippen LogP) is 3.12. The topological polar surface area (TPSA) is 38.3 Å². The van der Waals surface area contributed by atoms with Crippen molar-refractivity contribution in [1.29, 1.82) is 0 Å². The average Bonchev–Trinajstić information content (AvgIpc) is 2.22. The molecule has 0 spiro atoms. The standard InChI is InChI=1S/C12H16BrNO2/c1-4-16-12(15)9(3)14-11-6-5-8(2)7-10(11)13/h5-7,9,14H,4H2,1-3H3. The zero-order valence-corrected chi connectivity index (χ0v) is 11.3. The molecule has 0 aliphatic rings. The predicted molar refractivity (Wildman–Crippen MR) is 68.6 cm³/mol. The van der Waals surface area contributed by atoms with E-state index in [9.17, 15) is 4.79 Å². The quantitative estimate of drug-likeness (QED) is 0.864. The van der Waals surface area contributed by atoms with Crippen LogP contribution in [-0.2, 0) is 9.53 Å². The summed E-state index contributed by atoms with van der Waals surface area (Å²) in [7, 11) is 0. The fourth-order valence-electron chi connectivity index (χ4n) is 1.30. The summed E-state index contributed by atoms with van der Waals surface area (Å²) < 4.78 is 5.87. The van der Waals surface area contributed by atoms with Crippen LogP contribution in [0.1, 0.15) is 19.4 Å². The highest BCUT2D eigenvalue weighted by Gasteiger charge is 2.14. The van der Waals surface area contributed by atoms with Gasteiger partial charge >= 0.3 is 5.97 Å². The second-order valence-corrected chi connectivity index (χ2v) is 4.46. The molecule has 0 fully saturated rings. The van der Waals surface area contributed by atoms with Crippen molar-refractivity contribution in [3.63, 3.8) is 0 Å². The van der Waals surface area contributed by atoms with Crippen molar-refractivity contribution in [2.24, 2.45) is 0 Å². The van der Waals surface area contributed by atoms with E-state index in [0.29, 0.717) is 6.61 Å². The maximum atomic E-state index is 11.4. The highest BCUT2D eigenvalue weighted by Crippen LogP contribution is 2.24. The van der Waals surface area contributed by atoms with Crippen LogP contribution >= 0.6 is 15.9 Å². The number of carbonyl (C=O) groups excluding carboxylic acids is 1. The van der Waals surface area contributed by atoms with Gasteiger partial charge in [-0.1, -0.05) is 6.07 Å². The zero-order chi connectivity index (χ0) is 12.1. The summed E-state index contributed by atoms with van der Waals surface area (Å²) in [6.07, 6.45) is 0. The molecule has 0 heterocycles. The Kier molecular flexibility index (Phi) is 4.80. The minimum absolute atomic E-state index is 0.241. The minimum Gasteiger partial charge on any atom is -0.464 e. The van der Waals surface area contributed by atoms with Gasteiger partial charge in [0.2, 0.25) is 0 Å². The Labute approximate surface area is 104 Å². The minimum atomic E-state index is -0.348. The number of hydrogen-bond donors (Lipinski definition) is 1. The number of hydrogen-bond acceptors (Lipinski definition) is 3. The fourth-order valence-corrected chi connectivity index (χ4v) is 1.90. The van der Waals surface area contributed by atoms with E-state index in [4.69, 9.17) is 4.74 Å². The Hall–Kier alpha value is -1.03. The van der Waals surface area contributed by atoms with E-state index in [-0.39, 0.29) is 12.0 Å². The van der Waals surface area contributed by atoms with Crippen molar-refractivity contribution in [2.75, 3.05) is 11.9 Å². The van der Waals surface area contributed by atoms with Gasteiger partial charge in [0.25, 0.3) is 0 Å². The highest BCUT2D eigenvalue weighted by atomic mass is 79.9. The van der Waals surface area contributed by atoms with E-state index >= 15 is 0 Å². The molecule has 0 bridgehead atoms. The van der Waals surface area contributed by atoms with Crippen molar-refractivity contribution in [2.45, 2.75) is 26.8 Å². The molecule has 1 N–H and O–H groups in total. The normalized spacial score (nSPS) is 12.0. The SMILES string of the molecule is CCOC(=O)C(C)Nc1ccc(C)cc1Br. The first-order chi connectivity index (χ1) is 7.54. The van der Waals surface area contributed by atoms with Crippen LogP contribution in [0.25, 0.3) is 0 Å².